The number of nitrogens with zero attached hydrogens (tertiary/aromatic N) is 1. The molecular weight excluding hydrogens is 295 g/mol. The number of halogens is 2. The van der Waals surface area contributed by atoms with E-state index < -0.39 is 0 Å². The lowest BCUT2D eigenvalue weighted by molar-refractivity contribution is 0.324. The SMILES string of the molecule is CC1(C)CCCC1c1nc2cc(Br)c(F)cc2[nH]1. The zero-order chi connectivity index (χ0) is 12.9. The van der Waals surface area contributed by atoms with E-state index in [9.17, 15) is 4.39 Å². The molecule has 1 N–H and O–H groups in total. The van der Waals surface area contributed by atoms with Crippen molar-refractivity contribution in [3.63, 3.8) is 0 Å². The first-order valence-corrected chi connectivity index (χ1v) is 7.11. The molecule has 96 valence electrons. The second kappa shape index (κ2) is 4.05. The molecule has 2 aromatic rings. The summed E-state index contributed by atoms with van der Waals surface area (Å²) in [4.78, 5) is 7.93. The standard InChI is InChI=1S/C14H16BrFN2/c1-14(2)5-3-4-8(14)13-17-11-6-9(15)10(16)7-12(11)18-13/h6-8H,3-5H2,1-2H3,(H,17,18). The zero-order valence-corrected chi connectivity index (χ0v) is 12.1. The Morgan fingerprint density at radius 1 is 1.44 bits per heavy atom. The normalized spacial score (nSPS) is 22.8. The number of aromatic amines is 1. The van der Waals surface area contributed by atoms with Crippen molar-refractivity contribution < 1.29 is 4.39 Å². The van der Waals surface area contributed by atoms with Gasteiger partial charge in [0.05, 0.1) is 15.5 Å². The van der Waals surface area contributed by atoms with Crippen molar-refractivity contribution >= 4 is 27.0 Å². The molecule has 1 heterocycles. The van der Waals surface area contributed by atoms with Crippen LogP contribution in [0.25, 0.3) is 11.0 Å². The van der Waals surface area contributed by atoms with Crippen molar-refractivity contribution in [1.29, 1.82) is 0 Å². The van der Waals surface area contributed by atoms with Gasteiger partial charge in [-0.25, -0.2) is 9.37 Å². The van der Waals surface area contributed by atoms with Gasteiger partial charge in [0.1, 0.15) is 11.6 Å². The molecule has 2 nitrogen and oxygen atoms in total. The molecule has 1 aliphatic carbocycles. The maximum atomic E-state index is 13.5. The number of nitrogens with one attached hydrogen (secondary N) is 1. The number of hydrogen-bond donors (Lipinski definition) is 1. The minimum absolute atomic E-state index is 0.247. The Hall–Kier alpha value is -0.900. The van der Waals surface area contributed by atoms with Crippen LogP contribution in [0.1, 0.15) is 44.9 Å². The maximum absolute atomic E-state index is 13.5. The van der Waals surface area contributed by atoms with Crippen LogP contribution in [0.15, 0.2) is 16.6 Å². The molecule has 0 amide bonds. The Labute approximate surface area is 114 Å². The van der Waals surface area contributed by atoms with Crippen LogP contribution in [0.3, 0.4) is 0 Å². The van der Waals surface area contributed by atoms with Gasteiger partial charge in [0, 0.05) is 12.0 Å². The summed E-state index contributed by atoms with van der Waals surface area (Å²) in [7, 11) is 0. The number of aromatic nitrogens is 2. The number of rotatable bonds is 1. The predicted octanol–water partition coefficient (Wildman–Crippen LogP) is 4.76. The third-order valence-corrected chi connectivity index (χ3v) is 4.74. The zero-order valence-electron chi connectivity index (χ0n) is 10.6. The van der Waals surface area contributed by atoms with Crippen LogP contribution in [-0.2, 0) is 0 Å². The lowest BCUT2D eigenvalue weighted by Gasteiger charge is -2.24. The number of H-pyrrole nitrogens is 1. The second-order valence-corrected chi connectivity index (χ2v) is 6.69. The summed E-state index contributed by atoms with van der Waals surface area (Å²) in [5.74, 6) is 1.21. The van der Waals surface area contributed by atoms with Crippen LogP contribution in [0, 0.1) is 11.2 Å². The summed E-state index contributed by atoms with van der Waals surface area (Å²) in [6.07, 6.45) is 3.63. The third kappa shape index (κ3) is 1.87. The smallest absolute Gasteiger partial charge is 0.139 e. The van der Waals surface area contributed by atoms with Gasteiger partial charge in [0.25, 0.3) is 0 Å². The molecule has 1 aliphatic rings. The number of fused-ring (bicyclic) bond motifs is 1. The molecule has 0 radical (unpaired) electrons. The largest absolute Gasteiger partial charge is 0.342 e. The quantitative estimate of drug-likeness (QED) is 0.808. The lowest BCUT2D eigenvalue weighted by atomic mass is 9.81. The third-order valence-electron chi connectivity index (χ3n) is 4.13. The average molecular weight is 311 g/mol. The molecule has 4 heteroatoms. The van der Waals surface area contributed by atoms with Crippen molar-refractivity contribution in [3.8, 4) is 0 Å². The van der Waals surface area contributed by atoms with E-state index in [1.165, 1.54) is 18.9 Å². The first-order chi connectivity index (χ1) is 8.47. The number of imidazole rings is 1. The van der Waals surface area contributed by atoms with Crippen LogP contribution < -0.4 is 0 Å². The van der Waals surface area contributed by atoms with Crippen molar-refractivity contribution in [1.82, 2.24) is 9.97 Å². The van der Waals surface area contributed by atoms with Gasteiger partial charge >= 0.3 is 0 Å². The fraction of sp³-hybridized carbons (Fsp3) is 0.500. The van der Waals surface area contributed by atoms with E-state index in [1.807, 2.05) is 0 Å². The second-order valence-electron chi connectivity index (χ2n) is 5.84. The van der Waals surface area contributed by atoms with Gasteiger partial charge in [0.2, 0.25) is 0 Å². The molecular formula is C14H16BrFN2. The molecule has 1 saturated carbocycles. The molecule has 0 saturated heterocycles. The number of benzene rings is 1. The molecule has 1 aromatic heterocycles. The van der Waals surface area contributed by atoms with Gasteiger partial charge in [-0.3, -0.25) is 0 Å². The summed E-state index contributed by atoms with van der Waals surface area (Å²) in [6.45, 7) is 4.57. The Kier molecular flexibility index (Phi) is 2.73. The van der Waals surface area contributed by atoms with Gasteiger partial charge in [-0.1, -0.05) is 20.3 Å². The summed E-state index contributed by atoms with van der Waals surface area (Å²) in [5, 5.41) is 0. The van der Waals surface area contributed by atoms with E-state index in [0.29, 0.717) is 10.4 Å². The van der Waals surface area contributed by atoms with E-state index in [0.717, 1.165) is 23.3 Å². The highest BCUT2D eigenvalue weighted by atomic mass is 79.9. The Morgan fingerprint density at radius 3 is 2.89 bits per heavy atom. The van der Waals surface area contributed by atoms with Gasteiger partial charge in [0.15, 0.2) is 0 Å². The van der Waals surface area contributed by atoms with Crippen LogP contribution in [0.4, 0.5) is 4.39 Å². The molecule has 1 atom stereocenters. The Bertz CT molecular complexity index is 564. The fourth-order valence-corrected chi connectivity index (χ4v) is 3.35. The first-order valence-electron chi connectivity index (χ1n) is 6.32. The van der Waals surface area contributed by atoms with Crippen molar-refractivity contribution in [2.45, 2.75) is 39.0 Å². The van der Waals surface area contributed by atoms with Gasteiger partial charge in [-0.15, -0.1) is 0 Å². The van der Waals surface area contributed by atoms with Crippen molar-refractivity contribution in [2.75, 3.05) is 0 Å². The highest BCUT2D eigenvalue weighted by Gasteiger charge is 2.37. The lowest BCUT2D eigenvalue weighted by Crippen LogP contribution is -2.16. The molecule has 3 rings (SSSR count). The molecule has 1 unspecified atom stereocenters. The molecule has 0 spiro atoms. The number of hydrogen-bond acceptors (Lipinski definition) is 1. The van der Waals surface area contributed by atoms with Crippen molar-refractivity contribution in [3.05, 3.63) is 28.2 Å². The molecule has 0 aliphatic heterocycles. The molecule has 18 heavy (non-hydrogen) atoms. The van der Waals surface area contributed by atoms with E-state index in [4.69, 9.17) is 0 Å². The van der Waals surface area contributed by atoms with Crippen LogP contribution in [-0.4, -0.2) is 9.97 Å². The Morgan fingerprint density at radius 2 is 2.22 bits per heavy atom. The van der Waals surface area contributed by atoms with Crippen LogP contribution in [0.2, 0.25) is 0 Å². The van der Waals surface area contributed by atoms with E-state index in [-0.39, 0.29) is 11.2 Å². The molecule has 1 fully saturated rings. The van der Waals surface area contributed by atoms with E-state index >= 15 is 0 Å². The van der Waals surface area contributed by atoms with Crippen LogP contribution >= 0.6 is 15.9 Å². The van der Waals surface area contributed by atoms with Gasteiger partial charge in [-0.05, 0) is 40.3 Å². The predicted molar refractivity (Wildman–Crippen MR) is 74.1 cm³/mol. The van der Waals surface area contributed by atoms with Gasteiger partial charge in [-0.2, -0.15) is 0 Å². The Balaban J connectivity index is 2.08. The summed E-state index contributed by atoms with van der Waals surface area (Å²) in [5.41, 5.74) is 1.90. The monoisotopic (exact) mass is 310 g/mol. The first kappa shape index (κ1) is 12.2. The van der Waals surface area contributed by atoms with Crippen LogP contribution in [0.5, 0.6) is 0 Å². The van der Waals surface area contributed by atoms with Crippen molar-refractivity contribution in [2.24, 2.45) is 5.41 Å². The topological polar surface area (TPSA) is 28.7 Å². The highest BCUT2D eigenvalue weighted by Crippen LogP contribution is 2.48. The minimum Gasteiger partial charge on any atom is -0.342 e. The van der Waals surface area contributed by atoms with E-state index in [2.05, 4.69) is 39.7 Å². The molecule has 0 bridgehead atoms. The maximum Gasteiger partial charge on any atom is 0.139 e. The average Bonchev–Trinajstić information content (AvgIpc) is 2.81. The summed E-state index contributed by atoms with van der Waals surface area (Å²) in [6, 6.07) is 3.25. The minimum atomic E-state index is -0.247. The van der Waals surface area contributed by atoms with E-state index in [1.54, 1.807) is 6.07 Å². The molecule has 1 aromatic carbocycles. The van der Waals surface area contributed by atoms with Gasteiger partial charge < -0.3 is 4.98 Å². The summed E-state index contributed by atoms with van der Waals surface area (Å²) >= 11 is 3.20. The fourth-order valence-electron chi connectivity index (χ4n) is 3.02. The highest BCUT2D eigenvalue weighted by molar-refractivity contribution is 9.10. The summed E-state index contributed by atoms with van der Waals surface area (Å²) < 4.78 is 14.0.